The largest absolute Gasteiger partial charge is 0.286 e. The van der Waals surface area contributed by atoms with Crippen LogP contribution in [0.2, 0.25) is 0 Å². The lowest BCUT2D eigenvalue weighted by Gasteiger charge is -2.13. The molecule has 2 heteroatoms. The van der Waals surface area contributed by atoms with Crippen molar-refractivity contribution in [1.82, 2.24) is 0 Å². The molecule has 94 valence electrons. The predicted octanol–water partition coefficient (Wildman–Crippen LogP) is 3.86. The number of fused-ring (bicyclic) bond motifs is 1. The Hall–Kier alpha value is -1.44. The standard InChI is InChI=1S/C16H20N2/c1-2-15-9-13-6-3-5-12(10-16(13)18-15)14-7-4-8-17-11-14/h3,5,8,10-11,13,16H,2,4,6-7,9H2,1H3. The number of aliphatic imine (C=N–C) groups is 2. The number of hydrogen-bond acceptors (Lipinski definition) is 2. The molecule has 0 aromatic rings. The summed E-state index contributed by atoms with van der Waals surface area (Å²) in [5, 5.41) is 0. The highest BCUT2D eigenvalue weighted by atomic mass is 14.8. The minimum Gasteiger partial charge on any atom is -0.286 e. The average molecular weight is 240 g/mol. The van der Waals surface area contributed by atoms with E-state index in [0.717, 1.165) is 25.7 Å². The van der Waals surface area contributed by atoms with Gasteiger partial charge in [-0.2, -0.15) is 0 Å². The molecule has 18 heavy (non-hydrogen) atoms. The molecule has 2 heterocycles. The maximum Gasteiger partial charge on any atom is 0.0722 e. The average Bonchev–Trinajstić information content (AvgIpc) is 2.71. The van der Waals surface area contributed by atoms with E-state index in [2.05, 4.69) is 30.1 Å². The maximum absolute atomic E-state index is 4.87. The van der Waals surface area contributed by atoms with Crippen molar-refractivity contribution in [3.63, 3.8) is 0 Å². The zero-order valence-corrected chi connectivity index (χ0v) is 11.0. The molecule has 0 spiro atoms. The van der Waals surface area contributed by atoms with Crippen molar-refractivity contribution >= 4 is 11.9 Å². The van der Waals surface area contributed by atoms with Gasteiger partial charge in [0.2, 0.25) is 0 Å². The third-order valence-corrected chi connectivity index (χ3v) is 4.06. The first-order valence-corrected chi connectivity index (χ1v) is 7.01. The highest BCUT2D eigenvalue weighted by Gasteiger charge is 2.27. The molecule has 0 aromatic heterocycles. The second kappa shape index (κ2) is 5.05. The minimum absolute atomic E-state index is 0.400. The second-order valence-electron chi connectivity index (χ2n) is 5.29. The van der Waals surface area contributed by atoms with E-state index in [0.29, 0.717) is 12.0 Å². The molecule has 0 aromatic carbocycles. The fourth-order valence-electron chi connectivity index (χ4n) is 2.97. The first-order valence-electron chi connectivity index (χ1n) is 7.01. The molecule has 0 amide bonds. The van der Waals surface area contributed by atoms with Crippen LogP contribution in [0, 0.1) is 5.92 Å². The Bertz CT molecular complexity index is 477. The zero-order chi connectivity index (χ0) is 12.4. The van der Waals surface area contributed by atoms with Crippen LogP contribution < -0.4 is 0 Å². The van der Waals surface area contributed by atoms with Crippen LogP contribution in [-0.2, 0) is 0 Å². The molecular weight excluding hydrogens is 220 g/mol. The van der Waals surface area contributed by atoms with E-state index in [4.69, 9.17) is 4.99 Å². The summed E-state index contributed by atoms with van der Waals surface area (Å²) < 4.78 is 0. The first kappa shape index (κ1) is 11.6. The van der Waals surface area contributed by atoms with Gasteiger partial charge >= 0.3 is 0 Å². The van der Waals surface area contributed by atoms with Gasteiger partial charge in [-0.15, -0.1) is 0 Å². The highest BCUT2D eigenvalue weighted by molar-refractivity contribution is 5.86. The van der Waals surface area contributed by atoms with E-state index in [1.807, 2.05) is 12.4 Å². The zero-order valence-electron chi connectivity index (χ0n) is 11.0. The molecule has 0 saturated heterocycles. The molecule has 2 nitrogen and oxygen atoms in total. The monoisotopic (exact) mass is 240 g/mol. The van der Waals surface area contributed by atoms with Gasteiger partial charge in [-0.1, -0.05) is 25.2 Å². The SMILES string of the molecule is CCC1=NC2C=C(C3=CN=CCC3)C=CCC2C1. The number of nitrogens with zero attached hydrogens (tertiary/aromatic N) is 2. The molecule has 0 N–H and O–H groups in total. The van der Waals surface area contributed by atoms with Crippen molar-refractivity contribution in [1.29, 1.82) is 0 Å². The quantitative estimate of drug-likeness (QED) is 0.700. The Labute approximate surface area is 109 Å². The van der Waals surface area contributed by atoms with E-state index >= 15 is 0 Å². The van der Waals surface area contributed by atoms with Gasteiger partial charge in [-0.25, -0.2) is 0 Å². The molecule has 2 unspecified atom stereocenters. The van der Waals surface area contributed by atoms with E-state index in [9.17, 15) is 0 Å². The topological polar surface area (TPSA) is 24.7 Å². The fourth-order valence-corrected chi connectivity index (χ4v) is 2.97. The summed E-state index contributed by atoms with van der Waals surface area (Å²) in [7, 11) is 0. The number of rotatable bonds is 2. The lowest BCUT2D eigenvalue weighted by molar-refractivity contribution is 0.533. The summed E-state index contributed by atoms with van der Waals surface area (Å²) in [5.41, 5.74) is 4.11. The number of hydrogen-bond donors (Lipinski definition) is 0. The van der Waals surface area contributed by atoms with Crippen molar-refractivity contribution in [2.24, 2.45) is 15.9 Å². The van der Waals surface area contributed by atoms with E-state index < -0.39 is 0 Å². The van der Waals surface area contributed by atoms with Crippen LogP contribution >= 0.6 is 0 Å². The highest BCUT2D eigenvalue weighted by Crippen LogP contribution is 2.33. The molecule has 0 fully saturated rings. The van der Waals surface area contributed by atoms with Crippen LogP contribution in [0.1, 0.15) is 39.0 Å². The summed E-state index contributed by atoms with van der Waals surface area (Å²) in [4.78, 5) is 9.15. The summed E-state index contributed by atoms with van der Waals surface area (Å²) in [6.07, 6.45) is 16.6. The van der Waals surface area contributed by atoms with Crippen LogP contribution in [-0.4, -0.2) is 18.0 Å². The third-order valence-electron chi connectivity index (χ3n) is 4.06. The van der Waals surface area contributed by atoms with Crippen molar-refractivity contribution in [2.45, 2.75) is 45.1 Å². The fraction of sp³-hybridized carbons (Fsp3) is 0.500. The van der Waals surface area contributed by atoms with Crippen LogP contribution in [0.25, 0.3) is 0 Å². The molecule has 3 aliphatic rings. The minimum atomic E-state index is 0.400. The third kappa shape index (κ3) is 2.24. The van der Waals surface area contributed by atoms with Crippen molar-refractivity contribution < 1.29 is 0 Å². The van der Waals surface area contributed by atoms with E-state index in [1.54, 1.807) is 0 Å². The molecule has 1 aliphatic carbocycles. The van der Waals surface area contributed by atoms with Crippen LogP contribution in [0.15, 0.2) is 45.6 Å². The summed E-state index contributed by atoms with van der Waals surface area (Å²) in [6.45, 7) is 2.21. The summed E-state index contributed by atoms with van der Waals surface area (Å²) in [6, 6.07) is 0.400. The van der Waals surface area contributed by atoms with Crippen molar-refractivity contribution in [3.05, 3.63) is 35.6 Å². The Morgan fingerprint density at radius 2 is 2.33 bits per heavy atom. The molecular formula is C16H20N2. The molecule has 0 bridgehead atoms. The Morgan fingerprint density at radius 1 is 1.39 bits per heavy atom. The van der Waals surface area contributed by atoms with E-state index in [1.165, 1.54) is 23.3 Å². The first-order chi connectivity index (χ1) is 8.86. The molecule has 2 aliphatic heterocycles. The second-order valence-corrected chi connectivity index (χ2v) is 5.29. The Balaban J connectivity index is 1.88. The van der Waals surface area contributed by atoms with Gasteiger partial charge in [0, 0.05) is 18.1 Å². The van der Waals surface area contributed by atoms with Crippen molar-refractivity contribution in [2.75, 3.05) is 0 Å². The van der Waals surface area contributed by atoms with Crippen LogP contribution in [0.4, 0.5) is 0 Å². The molecule has 0 saturated carbocycles. The van der Waals surface area contributed by atoms with Crippen molar-refractivity contribution in [3.8, 4) is 0 Å². The lowest BCUT2D eigenvalue weighted by Crippen LogP contribution is -2.10. The Kier molecular flexibility index (Phi) is 3.26. The van der Waals surface area contributed by atoms with Crippen LogP contribution in [0.5, 0.6) is 0 Å². The number of allylic oxidation sites excluding steroid dienone is 4. The van der Waals surface area contributed by atoms with Gasteiger partial charge in [0.25, 0.3) is 0 Å². The van der Waals surface area contributed by atoms with Crippen LogP contribution in [0.3, 0.4) is 0 Å². The molecule has 0 radical (unpaired) electrons. The lowest BCUT2D eigenvalue weighted by atomic mass is 9.94. The smallest absolute Gasteiger partial charge is 0.0722 e. The van der Waals surface area contributed by atoms with E-state index in [-0.39, 0.29) is 0 Å². The summed E-state index contributed by atoms with van der Waals surface area (Å²) in [5.74, 6) is 0.696. The predicted molar refractivity (Wildman–Crippen MR) is 77.3 cm³/mol. The Morgan fingerprint density at radius 3 is 3.11 bits per heavy atom. The van der Waals surface area contributed by atoms with Gasteiger partial charge in [0.15, 0.2) is 0 Å². The van der Waals surface area contributed by atoms with Gasteiger partial charge in [0.05, 0.1) is 6.04 Å². The molecule has 2 atom stereocenters. The maximum atomic E-state index is 4.87. The van der Waals surface area contributed by atoms with Gasteiger partial charge in [-0.05, 0) is 49.2 Å². The summed E-state index contributed by atoms with van der Waals surface area (Å²) >= 11 is 0. The van der Waals surface area contributed by atoms with Gasteiger partial charge in [-0.3, -0.25) is 9.98 Å². The normalized spacial score (nSPS) is 30.4. The van der Waals surface area contributed by atoms with Gasteiger partial charge in [0.1, 0.15) is 0 Å². The van der Waals surface area contributed by atoms with Gasteiger partial charge < -0.3 is 0 Å². The molecule has 3 rings (SSSR count).